The Bertz CT molecular complexity index is 7260. The molecule has 1 aliphatic rings. The van der Waals surface area contributed by atoms with Crippen LogP contribution in [-0.2, 0) is 5.41 Å². The maximum absolute atomic E-state index is 2.50. The maximum Gasteiger partial charge on any atom is 0.0714 e. The van der Waals surface area contributed by atoms with Crippen LogP contribution in [-0.4, -0.2) is 22.8 Å². The molecule has 23 rings (SSSR count). The van der Waals surface area contributed by atoms with Crippen molar-refractivity contribution in [3.05, 3.63) is 429 Å². The Hall–Kier alpha value is -14.3. The summed E-state index contributed by atoms with van der Waals surface area (Å²) in [6, 6.07) is 149. The van der Waals surface area contributed by atoms with E-state index in [4.69, 9.17) is 0 Å². The van der Waals surface area contributed by atoms with Gasteiger partial charge in [0.05, 0.1) is 60.6 Å². The van der Waals surface area contributed by atoms with Gasteiger partial charge in [-0.1, -0.05) is 267 Å². The summed E-state index contributed by atoms with van der Waals surface area (Å²) in [5.74, 6) is 0. The van der Waals surface area contributed by atoms with E-state index < -0.39 is 5.41 Å². The second-order valence-electron chi connectivity index (χ2n) is 28.7. The second-order valence-corrected chi connectivity index (χ2v) is 28.7. The van der Waals surface area contributed by atoms with Crippen LogP contribution in [0.5, 0.6) is 0 Å². The first kappa shape index (κ1) is 61.2. The van der Waals surface area contributed by atoms with Gasteiger partial charge in [0.1, 0.15) is 0 Å². The Morgan fingerprint density at radius 1 is 0.148 bits per heavy atom. The van der Waals surface area contributed by atoms with Gasteiger partial charge in [-0.2, -0.15) is 0 Å². The second kappa shape index (κ2) is 24.4. The van der Waals surface area contributed by atoms with Crippen LogP contribution in [0, 0.1) is 0 Å². The Balaban J connectivity index is 0.000000135. The van der Waals surface area contributed by atoms with E-state index in [0.717, 1.165) is 11.4 Å². The Kier molecular flexibility index (Phi) is 13.9. The highest BCUT2D eigenvalue weighted by Gasteiger charge is 2.46. The van der Waals surface area contributed by atoms with Crippen molar-refractivity contribution in [3.8, 4) is 61.8 Å². The first-order valence-corrected chi connectivity index (χ1v) is 37.3. The van der Waals surface area contributed by atoms with Crippen LogP contribution in [0.25, 0.3) is 171 Å². The number of hydrogen-bond donors (Lipinski definition) is 0. The SMILES string of the molecule is c1ccc(-n2c3ccccc3c3cc(-c4ccc(-n5c6ccccc6c6cc7c(cc65)C(c5ccccc5)(c5ccccc5)c5ccccc5-7)cc4)ccc32)cc1.c1ccc(-n2c3ccccc3c3cc(-c4ccc(-n5c6ccccc6c6cc7c8ccccc8n(-c8ccccc8)c7cc65)cc4)ccc32)cc1. The normalized spacial score (nSPS) is 12.5. The van der Waals surface area contributed by atoms with E-state index in [0.29, 0.717) is 0 Å². The van der Waals surface area contributed by atoms with Gasteiger partial charge in [0.15, 0.2) is 0 Å². The lowest BCUT2D eigenvalue weighted by atomic mass is 9.67. The first-order chi connectivity index (χ1) is 53.6. The van der Waals surface area contributed by atoms with Gasteiger partial charge in [-0.25, -0.2) is 0 Å². The molecule has 0 N–H and O–H groups in total. The number of para-hydroxylation sites is 8. The van der Waals surface area contributed by atoms with E-state index in [1.807, 2.05) is 0 Å². The summed E-state index contributed by atoms with van der Waals surface area (Å²) in [7, 11) is 0. The highest BCUT2D eigenvalue weighted by atomic mass is 15.0. The molecule has 108 heavy (non-hydrogen) atoms. The number of hydrogen-bond acceptors (Lipinski definition) is 0. The molecule has 5 heterocycles. The highest BCUT2D eigenvalue weighted by molar-refractivity contribution is 6.20. The molecule has 504 valence electrons. The molecule has 0 saturated carbocycles. The van der Waals surface area contributed by atoms with Gasteiger partial charge in [0, 0.05) is 82.3 Å². The van der Waals surface area contributed by atoms with Crippen molar-refractivity contribution in [2.24, 2.45) is 0 Å². The molecule has 5 aromatic heterocycles. The lowest BCUT2D eigenvalue weighted by Crippen LogP contribution is -2.28. The minimum Gasteiger partial charge on any atom is -0.309 e. The van der Waals surface area contributed by atoms with Crippen LogP contribution in [0.15, 0.2) is 406 Å². The van der Waals surface area contributed by atoms with Crippen LogP contribution in [0.2, 0.25) is 0 Å². The highest BCUT2D eigenvalue weighted by Crippen LogP contribution is 2.58. The molecule has 0 unspecified atom stereocenters. The molecule has 5 heteroatoms. The van der Waals surface area contributed by atoms with Crippen LogP contribution < -0.4 is 0 Å². The van der Waals surface area contributed by atoms with E-state index in [9.17, 15) is 0 Å². The van der Waals surface area contributed by atoms with Gasteiger partial charge in [0.2, 0.25) is 0 Å². The Labute approximate surface area is 623 Å². The van der Waals surface area contributed by atoms with Crippen molar-refractivity contribution in [1.29, 1.82) is 0 Å². The maximum atomic E-state index is 2.50. The lowest BCUT2D eigenvalue weighted by Gasteiger charge is -2.34. The summed E-state index contributed by atoms with van der Waals surface area (Å²) >= 11 is 0. The quantitative estimate of drug-likeness (QED) is 0.138. The number of benzene rings is 17. The summed E-state index contributed by atoms with van der Waals surface area (Å²) in [6.45, 7) is 0. The van der Waals surface area contributed by atoms with Gasteiger partial charge in [0.25, 0.3) is 0 Å². The zero-order valence-corrected chi connectivity index (χ0v) is 58.9. The minimum absolute atomic E-state index is 0.462. The fourth-order valence-corrected chi connectivity index (χ4v) is 18.4. The zero-order chi connectivity index (χ0) is 71.0. The minimum atomic E-state index is -0.462. The average molecular weight is 1370 g/mol. The molecule has 0 radical (unpaired) electrons. The van der Waals surface area contributed by atoms with Gasteiger partial charge >= 0.3 is 0 Å². The van der Waals surface area contributed by atoms with Crippen molar-refractivity contribution in [2.75, 3.05) is 0 Å². The van der Waals surface area contributed by atoms with Crippen LogP contribution >= 0.6 is 0 Å². The fraction of sp³-hybridized carbons (Fsp3) is 0.00971. The molecule has 0 bridgehead atoms. The molecular formula is C103H67N5. The van der Waals surface area contributed by atoms with Gasteiger partial charge in [-0.15, -0.1) is 0 Å². The summed E-state index contributed by atoms with van der Waals surface area (Å²) in [5.41, 5.74) is 30.1. The summed E-state index contributed by atoms with van der Waals surface area (Å²) in [4.78, 5) is 0. The summed E-state index contributed by atoms with van der Waals surface area (Å²) < 4.78 is 12.0. The monoisotopic (exact) mass is 1370 g/mol. The molecule has 1 aliphatic carbocycles. The molecule has 0 spiro atoms. The van der Waals surface area contributed by atoms with Gasteiger partial charge in [-0.3, -0.25) is 0 Å². The van der Waals surface area contributed by atoms with Crippen molar-refractivity contribution < 1.29 is 0 Å². The number of nitrogens with zero attached hydrogens (tertiary/aromatic N) is 5. The van der Waals surface area contributed by atoms with Gasteiger partial charge < -0.3 is 22.8 Å². The molecule has 0 aliphatic heterocycles. The Morgan fingerprint density at radius 3 is 0.815 bits per heavy atom. The number of aromatic nitrogens is 5. The molecule has 5 nitrogen and oxygen atoms in total. The van der Waals surface area contributed by atoms with E-state index in [1.165, 1.54) is 182 Å². The molecule has 0 atom stereocenters. The topological polar surface area (TPSA) is 24.6 Å². The van der Waals surface area contributed by atoms with Crippen molar-refractivity contribution in [1.82, 2.24) is 22.8 Å². The average Bonchev–Trinajstić information content (AvgIpc) is 1.48. The predicted molar refractivity (Wildman–Crippen MR) is 453 cm³/mol. The first-order valence-electron chi connectivity index (χ1n) is 37.3. The van der Waals surface area contributed by atoms with E-state index >= 15 is 0 Å². The van der Waals surface area contributed by atoms with Gasteiger partial charge in [-0.05, 0) is 195 Å². The molecule has 22 aromatic rings. The van der Waals surface area contributed by atoms with Crippen molar-refractivity contribution in [3.63, 3.8) is 0 Å². The van der Waals surface area contributed by atoms with E-state index in [1.54, 1.807) is 0 Å². The van der Waals surface area contributed by atoms with Crippen molar-refractivity contribution in [2.45, 2.75) is 5.41 Å². The zero-order valence-electron chi connectivity index (χ0n) is 58.9. The molecule has 0 saturated heterocycles. The third kappa shape index (κ3) is 9.25. The standard InChI is InChI=1S/C55H36N2.C48H31N3/c1-4-16-39(17-5-1)55(40-18-6-2-7-19-40)49-25-13-10-22-43(49)46-35-48-45-24-12-15-27-52(45)57(54(48)36-50(46)55)42-31-28-37(29-32-42)38-30-33-53-47(34-38)44-23-11-14-26-51(44)56(53)41-20-8-3-9-21-41;1-3-13-34(14-4-1)49-43-20-10-7-17-37(43)40-29-33(25-28-46(40)49)32-23-26-36(27-24-32)51-45-22-12-9-19-39(45)42-30-41-38-18-8-11-21-44(38)50(47(41)31-48(42)51)35-15-5-2-6-16-35/h1-36H;1-31H. The lowest BCUT2D eigenvalue weighted by molar-refractivity contribution is 0.769. The van der Waals surface area contributed by atoms with E-state index in [2.05, 4.69) is 429 Å². The summed E-state index contributed by atoms with van der Waals surface area (Å²) in [5, 5.41) is 12.6. The van der Waals surface area contributed by atoms with E-state index in [-0.39, 0.29) is 0 Å². The molecule has 17 aromatic carbocycles. The smallest absolute Gasteiger partial charge is 0.0714 e. The molecule has 0 amide bonds. The van der Waals surface area contributed by atoms with Crippen molar-refractivity contribution >= 4 is 109 Å². The van der Waals surface area contributed by atoms with Crippen LogP contribution in [0.3, 0.4) is 0 Å². The third-order valence-electron chi connectivity index (χ3n) is 23.0. The largest absolute Gasteiger partial charge is 0.309 e. The van der Waals surface area contributed by atoms with Crippen LogP contribution in [0.1, 0.15) is 22.3 Å². The molecule has 0 fully saturated rings. The predicted octanol–water partition coefficient (Wildman–Crippen LogP) is 26.6. The van der Waals surface area contributed by atoms with Crippen LogP contribution in [0.4, 0.5) is 0 Å². The Morgan fingerprint density at radius 2 is 0.426 bits per heavy atom. The number of fused-ring (bicyclic) bond motifs is 18. The number of rotatable bonds is 9. The fourth-order valence-electron chi connectivity index (χ4n) is 18.4. The summed E-state index contributed by atoms with van der Waals surface area (Å²) in [6.07, 6.45) is 0. The molecular weight excluding hydrogens is 1310 g/mol. The third-order valence-corrected chi connectivity index (χ3v) is 23.0.